The van der Waals surface area contributed by atoms with Crippen LogP contribution in [0.4, 0.5) is 0 Å². The third-order valence-corrected chi connectivity index (χ3v) is 3.19. The molecule has 0 aliphatic carbocycles. The fraction of sp³-hybridized carbons (Fsp3) is 0.182. The minimum Gasteiger partial charge on any atom is -0.744 e. The van der Waals surface area contributed by atoms with Gasteiger partial charge in [0, 0.05) is 5.69 Å². The largest absolute Gasteiger partial charge is 1.00 e. The summed E-state index contributed by atoms with van der Waals surface area (Å²) in [6, 6.07) is 7.70. The summed E-state index contributed by atoms with van der Waals surface area (Å²) >= 11 is 0. The van der Waals surface area contributed by atoms with Gasteiger partial charge in [-0.05, 0) is 38.1 Å². The summed E-state index contributed by atoms with van der Waals surface area (Å²) in [5, 5.41) is 4.22. The summed E-state index contributed by atoms with van der Waals surface area (Å²) in [5.74, 6) is 0. The Kier molecular flexibility index (Phi) is 4.74. The van der Waals surface area contributed by atoms with Crippen LogP contribution in [0, 0.1) is 13.8 Å². The number of benzene rings is 1. The van der Waals surface area contributed by atoms with Crippen molar-refractivity contribution in [2.45, 2.75) is 18.7 Å². The standard InChI is InChI=1S/C11H12N2O3S.Na/c1-8-6-9(2)13(12-8)10-4-3-5-11(7-10)17(14,15)16;/h3-7H,1-2H3,(H,14,15,16);/q;+1/p-1. The Labute approximate surface area is 128 Å². The van der Waals surface area contributed by atoms with E-state index in [1.54, 1.807) is 10.7 Å². The molecule has 1 aromatic heterocycles. The Hall–Kier alpha value is -0.660. The Morgan fingerprint density at radius 2 is 1.89 bits per heavy atom. The van der Waals surface area contributed by atoms with Gasteiger partial charge in [0.2, 0.25) is 0 Å². The maximum Gasteiger partial charge on any atom is 1.00 e. The molecule has 0 unspecified atom stereocenters. The van der Waals surface area contributed by atoms with Gasteiger partial charge in [-0.25, -0.2) is 13.1 Å². The van der Waals surface area contributed by atoms with Crippen molar-refractivity contribution < 1.29 is 42.5 Å². The zero-order chi connectivity index (χ0) is 12.6. The van der Waals surface area contributed by atoms with E-state index >= 15 is 0 Å². The van der Waals surface area contributed by atoms with Gasteiger partial charge in [0.05, 0.1) is 16.3 Å². The molecule has 2 aromatic rings. The molecule has 0 fully saturated rings. The number of aromatic nitrogens is 2. The van der Waals surface area contributed by atoms with Crippen molar-refractivity contribution in [3.05, 3.63) is 41.7 Å². The topological polar surface area (TPSA) is 75.0 Å². The van der Waals surface area contributed by atoms with E-state index in [-0.39, 0.29) is 34.5 Å². The number of hydrogen-bond donors (Lipinski definition) is 0. The Bertz CT molecular complexity index is 665. The second-order valence-corrected chi connectivity index (χ2v) is 5.17. The molecule has 0 aliphatic heterocycles. The van der Waals surface area contributed by atoms with Crippen LogP contribution in [0.2, 0.25) is 0 Å². The molecule has 2 rings (SSSR count). The summed E-state index contributed by atoms with van der Waals surface area (Å²) in [6.45, 7) is 3.70. The zero-order valence-electron chi connectivity index (χ0n) is 10.4. The van der Waals surface area contributed by atoms with Crippen molar-refractivity contribution in [1.82, 2.24) is 9.78 Å². The van der Waals surface area contributed by atoms with Crippen LogP contribution in [-0.4, -0.2) is 22.8 Å². The summed E-state index contributed by atoms with van der Waals surface area (Å²) in [6.07, 6.45) is 0. The van der Waals surface area contributed by atoms with Crippen LogP contribution in [0.5, 0.6) is 0 Å². The minimum atomic E-state index is -4.43. The van der Waals surface area contributed by atoms with Crippen LogP contribution >= 0.6 is 0 Å². The van der Waals surface area contributed by atoms with E-state index in [2.05, 4.69) is 5.10 Å². The van der Waals surface area contributed by atoms with Crippen molar-refractivity contribution in [1.29, 1.82) is 0 Å². The smallest absolute Gasteiger partial charge is 0.744 e. The molecule has 0 radical (unpaired) electrons. The number of nitrogens with zero attached hydrogens (tertiary/aromatic N) is 2. The average Bonchev–Trinajstić information content (AvgIpc) is 2.57. The molecule has 0 amide bonds. The van der Waals surface area contributed by atoms with Gasteiger partial charge in [-0.1, -0.05) is 6.07 Å². The molecule has 90 valence electrons. The van der Waals surface area contributed by atoms with E-state index in [9.17, 15) is 13.0 Å². The van der Waals surface area contributed by atoms with Crippen molar-refractivity contribution >= 4 is 10.1 Å². The molecule has 0 aliphatic rings. The molecule has 1 aromatic carbocycles. The van der Waals surface area contributed by atoms with Gasteiger partial charge >= 0.3 is 29.6 Å². The van der Waals surface area contributed by atoms with Crippen LogP contribution in [-0.2, 0) is 10.1 Å². The first-order valence-corrected chi connectivity index (χ1v) is 6.38. The molecular formula is C11H11N2NaO3S. The minimum absolute atomic E-state index is 0. The molecule has 0 spiro atoms. The van der Waals surface area contributed by atoms with E-state index in [0.717, 1.165) is 11.4 Å². The van der Waals surface area contributed by atoms with Crippen LogP contribution in [0.25, 0.3) is 5.69 Å². The van der Waals surface area contributed by atoms with Crippen molar-refractivity contribution in [2.24, 2.45) is 0 Å². The van der Waals surface area contributed by atoms with E-state index in [1.165, 1.54) is 18.2 Å². The molecule has 18 heavy (non-hydrogen) atoms. The summed E-state index contributed by atoms with van der Waals surface area (Å²) in [5.41, 5.74) is 2.27. The number of aryl methyl sites for hydroxylation is 2. The van der Waals surface area contributed by atoms with Gasteiger partial charge in [0.1, 0.15) is 10.1 Å². The van der Waals surface area contributed by atoms with Crippen LogP contribution in [0.15, 0.2) is 35.2 Å². The second kappa shape index (κ2) is 5.54. The number of hydrogen-bond acceptors (Lipinski definition) is 4. The quantitative estimate of drug-likeness (QED) is 0.488. The van der Waals surface area contributed by atoms with Crippen molar-refractivity contribution in [3.63, 3.8) is 0 Å². The molecule has 7 heteroatoms. The first-order valence-electron chi connectivity index (χ1n) is 4.97. The fourth-order valence-corrected chi connectivity index (χ4v) is 2.17. The van der Waals surface area contributed by atoms with Gasteiger partial charge in [0.25, 0.3) is 0 Å². The van der Waals surface area contributed by atoms with Crippen molar-refractivity contribution in [3.8, 4) is 5.69 Å². The molecule has 0 N–H and O–H groups in total. The van der Waals surface area contributed by atoms with E-state index in [1.807, 2.05) is 19.9 Å². The summed E-state index contributed by atoms with van der Waals surface area (Å²) in [7, 11) is -4.43. The molecule has 0 saturated carbocycles. The van der Waals surface area contributed by atoms with Gasteiger partial charge in [0.15, 0.2) is 0 Å². The molecule has 0 atom stereocenters. The van der Waals surface area contributed by atoms with Gasteiger partial charge in [-0.2, -0.15) is 5.10 Å². The Morgan fingerprint density at radius 1 is 1.22 bits per heavy atom. The van der Waals surface area contributed by atoms with Crippen molar-refractivity contribution in [2.75, 3.05) is 0 Å². The molecular weight excluding hydrogens is 263 g/mol. The third kappa shape index (κ3) is 3.21. The maximum atomic E-state index is 10.9. The van der Waals surface area contributed by atoms with Crippen LogP contribution < -0.4 is 29.6 Å². The average molecular weight is 274 g/mol. The predicted molar refractivity (Wildman–Crippen MR) is 61.0 cm³/mol. The molecule has 0 saturated heterocycles. The molecule has 1 heterocycles. The Balaban J connectivity index is 0.00000162. The second-order valence-electron chi connectivity index (χ2n) is 3.79. The molecule has 5 nitrogen and oxygen atoms in total. The van der Waals surface area contributed by atoms with Crippen LogP contribution in [0.3, 0.4) is 0 Å². The van der Waals surface area contributed by atoms with Gasteiger partial charge in [-0.15, -0.1) is 0 Å². The normalized spacial score (nSPS) is 11.1. The molecule has 0 bridgehead atoms. The van der Waals surface area contributed by atoms with E-state index in [0.29, 0.717) is 5.69 Å². The maximum absolute atomic E-state index is 10.9. The fourth-order valence-electron chi connectivity index (χ4n) is 1.66. The summed E-state index contributed by atoms with van der Waals surface area (Å²) < 4.78 is 34.4. The van der Waals surface area contributed by atoms with Crippen LogP contribution in [0.1, 0.15) is 11.4 Å². The first-order chi connectivity index (χ1) is 7.88. The van der Waals surface area contributed by atoms with Gasteiger partial charge < -0.3 is 4.55 Å². The van der Waals surface area contributed by atoms with Gasteiger partial charge in [-0.3, -0.25) is 0 Å². The third-order valence-electron chi connectivity index (χ3n) is 2.36. The van der Waals surface area contributed by atoms with E-state index < -0.39 is 10.1 Å². The SMILES string of the molecule is Cc1cc(C)n(-c2cccc(S(=O)(=O)[O-])c2)n1.[Na+]. The predicted octanol–water partition coefficient (Wildman–Crippen LogP) is -1.60. The Morgan fingerprint density at radius 3 is 2.39 bits per heavy atom. The number of rotatable bonds is 2. The first kappa shape index (κ1) is 15.4. The zero-order valence-corrected chi connectivity index (χ0v) is 13.2. The monoisotopic (exact) mass is 274 g/mol. The van der Waals surface area contributed by atoms with E-state index in [4.69, 9.17) is 0 Å². The summed E-state index contributed by atoms with van der Waals surface area (Å²) in [4.78, 5) is -0.248.